The fourth-order valence-electron chi connectivity index (χ4n) is 2.63. The first-order valence-electron chi connectivity index (χ1n) is 6.78. The van der Waals surface area contributed by atoms with Crippen molar-refractivity contribution in [3.8, 4) is 0 Å². The van der Waals surface area contributed by atoms with Gasteiger partial charge in [0.1, 0.15) is 17.8 Å². The van der Waals surface area contributed by atoms with Crippen molar-refractivity contribution in [1.82, 2.24) is 14.7 Å². The number of nitrogen functional groups attached to an aromatic ring is 1. The van der Waals surface area contributed by atoms with Crippen molar-refractivity contribution in [2.45, 2.75) is 25.8 Å². The number of hydrogen-bond acceptors (Lipinski definition) is 4. The Morgan fingerprint density at radius 3 is 2.75 bits per heavy atom. The molecule has 3 rings (SSSR count). The number of amides is 1. The van der Waals surface area contributed by atoms with Crippen molar-refractivity contribution in [3.63, 3.8) is 0 Å². The molecule has 1 saturated heterocycles. The number of rotatable bonds is 2. The molecular weight excluding hydrogens is 256 g/mol. The molecule has 0 bridgehead atoms. The third-order valence-electron chi connectivity index (χ3n) is 3.73. The van der Waals surface area contributed by atoms with Crippen molar-refractivity contribution in [2.75, 3.05) is 18.8 Å². The number of hydrogen-bond donors (Lipinski definition) is 1. The van der Waals surface area contributed by atoms with Gasteiger partial charge >= 0.3 is 0 Å². The maximum absolute atomic E-state index is 12.3. The number of aromatic nitrogens is 2. The van der Waals surface area contributed by atoms with Gasteiger partial charge in [-0.15, -0.1) is 0 Å². The topological polar surface area (TPSA) is 77.3 Å². The van der Waals surface area contributed by atoms with Crippen LogP contribution in [0.3, 0.4) is 0 Å². The van der Waals surface area contributed by atoms with Gasteiger partial charge in [-0.1, -0.05) is 0 Å². The molecule has 2 aromatic heterocycles. The summed E-state index contributed by atoms with van der Waals surface area (Å²) in [6, 6.07) is 3.90. The lowest BCUT2D eigenvalue weighted by molar-refractivity contribution is 0.0689. The number of anilines is 1. The molecule has 0 atom stereocenters. The Morgan fingerprint density at radius 2 is 2.20 bits per heavy atom. The van der Waals surface area contributed by atoms with Crippen LogP contribution in [0.4, 0.5) is 5.82 Å². The Hall–Kier alpha value is -2.24. The summed E-state index contributed by atoms with van der Waals surface area (Å²) < 4.78 is 7.10. The van der Waals surface area contributed by atoms with Gasteiger partial charge in [-0.25, -0.2) is 0 Å². The second-order valence-electron chi connectivity index (χ2n) is 5.19. The zero-order chi connectivity index (χ0) is 14.1. The van der Waals surface area contributed by atoms with Gasteiger partial charge in [0.15, 0.2) is 0 Å². The number of nitrogens with two attached hydrogens (primary N) is 1. The van der Waals surface area contributed by atoms with E-state index >= 15 is 0 Å². The maximum atomic E-state index is 12.3. The van der Waals surface area contributed by atoms with Crippen LogP contribution >= 0.6 is 0 Å². The van der Waals surface area contributed by atoms with Gasteiger partial charge in [0.2, 0.25) is 0 Å². The van der Waals surface area contributed by atoms with Crippen LogP contribution in [0.2, 0.25) is 0 Å². The lowest BCUT2D eigenvalue weighted by atomic mass is 10.0. The fraction of sp³-hybridized carbons (Fsp3) is 0.429. The van der Waals surface area contributed by atoms with Crippen LogP contribution in [0.15, 0.2) is 29.0 Å². The number of nitrogens with zero attached hydrogens (tertiary/aromatic N) is 3. The largest absolute Gasteiger partial charge is 0.469 e. The van der Waals surface area contributed by atoms with E-state index in [4.69, 9.17) is 10.2 Å². The zero-order valence-corrected chi connectivity index (χ0v) is 11.5. The summed E-state index contributed by atoms with van der Waals surface area (Å²) in [5.41, 5.74) is 6.26. The summed E-state index contributed by atoms with van der Waals surface area (Å²) in [6.07, 6.45) is 5.21. The van der Waals surface area contributed by atoms with Crippen molar-refractivity contribution in [2.24, 2.45) is 0 Å². The van der Waals surface area contributed by atoms with Gasteiger partial charge < -0.3 is 15.1 Å². The molecular formula is C14H18N4O2. The summed E-state index contributed by atoms with van der Waals surface area (Å²) in [5, 5.41) is 4.24. The van der Waals surface area contributed by atoms with Gasteiger partial charge in [0.25, 0.3) is 5.91 Å². The van der Waals surface area contributed by atoms with E-state index in [9.17, 15) is 4.79 Å². The second-order valence-corrected chi connectivity index (χ2v) is 5.19. The normalized spacial score (nSPS) is 16.6. The minimum absolute atomic E-state index is 0.0419. The highest BCUT2D eigenvalue weighted by molar-refractivity contribution is 5.94. The highest BCUT2D eigenvalue weighted by atomic mass is 16.3. The summed E-state index contributed by atoms with van der Waals surface area (Å²) in [5.74, 6) is 1.34. The van der Waals surface area contributed by atoms with Crippen molar-refractivity contribution in [3.05, 3.63) is 35.9 Å². The number of furan rings is 1. The molecule has 6 nitrogen and oxygen atoms in total. The molecule has 2 N–H and O–H groups in total. The first-order chi connectivity index (χ1) is 9.63. The van der Waals surface area contributed by atoms with E-state index in [0.717, 1.165) is 31.7 Å². The van der Waals surface area contributed by atoms with E-state index < -0.39 is 0 Å². The van der Waals surface area contributed by atoms with E-state index in [0.29, 0.717) is 17.4 Å². The Morgan fingerprint density at radius 1 is 1.45 bits per heavy atom. The molecule has 1 amide bonds. The van der Waals surface area contributed by atoms with E-state index in [-0.39, 0.29) is 5.91 Å². The van der Waals surface area contributed by atoms with Crippen LogP contribution in [-0.2, 0) is 0 Å². The molecule has 0 unspecified atom stereocenters. The standard InChI is InChI=1S/C14H18N4O2/c1-10-8-11(9-20-10)14(19)17-5-2-12(3-6-17)18-7-4-13(15)16-18/h4,7-9,12H,2-3,5-6H2,1H3,(H2,15,16). The average Bonchev–Trinajstić information content (AvgIpc) is 3.07. The molecule has 0 aromatic carbocycles. The highest BCUT2D eigenvalue weighted by Crippen LogP contribution is 2.23. The predicted molar refractivity (Wildman–Crippen MR) is 74.3 cm³/mol. The predicted octanol–water partition coefficient (Wildman–Crippen LogP) is 1.84. The van der Waals surface area contributed by atoms with Crippen LogP contribution in [0.5, 0.6) is 0 Å². The zero-order valence-electron chi connectivity index (χ0n) is 11.5. The van der Waals surface area contributed by atoms with Crippen LogP contribution in [0.25, 0.3) is 0 Å². The van der Waals surface area contributed by atoms with Gasteiger partial charge in [0.05, 0.1) is 11.6 Å². The smallest absolute Gasteiger partial charge is 0.257 e. The molecule has 20 heavy (non-hydrogen) atoms. The minimum Gasteiger partial charge on any atom is -0.469 e. The van der Waals surface area contributed by atoms with E-state index in [2.05, 4.69) is 5.10 Å². The molecule has 0 radical (unpaired) electrons. The molecule has 0 aliphatic carbocycles. The highest BCUT2D eigenvalue weighted by Gasteiger charge is 2.25. The van der Waals surface area contributed by atoms with Gasteiger partial charge in [0, 0.05) is 19.3 Å². The van der Waals surface area contributed by atoms with Gasteiger partial charge in [-0.05, 0) is 31.9 Å². The lowest BCUT2D eigenvalue weighted by Crippen LogP contribution is -2.39. The maximum Gasteiger partial charge on any atom is 0.257 e. The summed E-state index contributed by atoms with van der Waals surface area (Å²) in [4.78, 5) is 14.2. The lowest BCUT2D eigenvalue weighted by Gasteiger charge is -2.31. The molecule has 1 aliphatic heterocycles. The minimum atomic E-state index is 0.0419. The number of piperidine rings is 1. The van der Waals surface area contributed by atoms with E-state index in [1.165, 1.54) is 6.26 Å². The quantitative estimate of drug-likeness (QED) is 0.906. The van der Waals surface area contributed by atoms with Crippen LogP contribution in [0, 0.1) is 6.92 Å². The molecule has 1 fully saturated rings. The molecule has 0 saturated carbocycles. The Kier molecular flexibility index (Phi) is 3.22. The van der Waals surface area contributed by atoms with Crippen LogP contribution in [0.1, 0.15) is 35.0 Å². The van der Waals surface area contributed by atoms with E-state index in [1.54, 1.807) is 12.1 Å². The Bertz CT molecular complexity index is 608. The molecule has 0 spiro atoms. The van der Waals surface area contributed by atoms with Crippen LogP contribution in [-0.4, -0.2) is 33.7 Å². The first kappa shape index (κ1) is 12.8. The van der Waals surface area contributed by atoms with Gasteiger partial charge in [-0.2, -0.15) is 5.10 Å². The third kappa shape index (κ3) is 2.41. The summed E-state index contributed by atoms with van der Waals surface area (Å²) in [7, 11) is 0. The average molecular weight is 274 g/mol. The first-order valence-corrected chi connectivity index (χ1v) is 6.78. The van der Waals surface area contributed by atoms with Crippen molar-refractivity contribution < 1.29 is 9.21 Å². The SMILES string of the molecule is Cc1cc(C(=O)N2CCC(n3ccc(N)n3)CC2)co1. The van der Waals surface area contributed by atoms with E-state index in [1.807, 2.05) is 22.7 Å². The number of carbonyl (C=O) groups excluding carboxylic acids is 1. The molecule has 1 aliphatic rings. The number of likely N-dealkylation sites (tertiary alicyclic amines) is 1. The van der Waals surface area contributed by atoms with Gasteiger partial charge in [-0.3, -0.25) is 9.48 Å². The van der Waals surface area contributed by atoms with Crippen molar-refractivity contribution in [1.29, 1.82) is 0 Å². The summed E-state index contributed by atoms with van der Waals surface area (Å²) >= 11 is 0. The fourth-order valence-corrected chi connectivity index (χ4v) is 2.63. The monoisotopic (exact) mass is 274 g/mol. The number of carbonyl (C=O) groups is 1. The van der Waals surface area contributed by atoms with Crippen molar-refractivity contribution >= 4 is 11.7 Å². The molecule has 106 valence electrons. The second kappa shape index (κ2) is 5.03. The molecule has 3 heterocycles. The van der Waals surface area contributed by atoms with Crippen LogP contribution < -0.4 is 5.73 Å². The molecule has 2 aromatic rings. The third-order valence-corrected chi connectivity index (χ3v) is 3.73. The molecule has 6 heteroatoms. The Balaban J connectivity index is 1.62. The Labute approximate surface area is 117 Å². The summed E-state index contributed by atoms with van der Waals surface area (Å²) in [6.45, 7) is 3.30. The number of aryl methyl sites for hydroxylation is 1.